The van der Waals surface area contributed by atoms with E-state index in [1.165, 1.54) is 10.8 Å². The standard InChI is InChI=1S/C13H13N3.C6H12O6/c1-7-12-11(8(2)15-13(7)14)9-5-3-4-6-10(9)16-12;7-1-3(9)5(11)6(12)4(10)2-8/h3-6,16H,1-2H3,(H2,14,15);1,3-6,8-12H,2H2/t;3-,4+,5+,6+/m.0/s1. The normalized spacial score (nSPS) is 15.5. The quantitative estimate of drug-likeness (QED) is 0.286. The van der Waals surface area contributed by atoms with Gasteiger partial charge in [-0.25, -0.2) is 4.98 Å². The van der Waals surface area contributed by atoms with Gasteiger partial charge >= 0.3 is 0 Å². The second kappa shape index (κ2) is 9.09. The topological polar surface area (TPSA) is 173 Å². The molecular formula is C19H25N3O6. The first-order valence-corrected chi connectivity index (χ1v) is 8.64. The van der Waals surface area contributed by atoms with Crippen LogP contribution in [0, 0.1) is 13.8 Å². The predicted octanol–water partition coefficient (Wildman–Crippen LogP) is -0.464. The van der Waals surface area contributed by atoms with E-state index in [1.54, 1.807) is 0 Å². The Balaban J connectivity index is 0.000000211. The number of nitrogens with zero attached hydrogens (tertiary/aromatic N) is 1. The van der Waals surface area contributed by atoms with Gasteiger partial charge in [0.2, 0.25) is 0 Å². The fourth-order valence-electron chi connectivity index (χ4n) is 2.87. The van der Waals surface area contributed by atoms with Gasteiger partial charge < -0.3 is 41.0 Å². The molecule has 28 heavy (non-hydrogen) atoms. The van der Waals surface area contributed by atoms with Gasteiger partial charge in [-0.15, -0.1) is 0 Å². The molecule has 0 spiro atoms. The minimum atomic E-state index is -1.79. The number of anilines is 1. The SMILES string of the molecule is Cc1c(N)nc(C)c2c1[nH]c1ccccc12.O=C[C@H](O)[C@@H](O)[C@H](O)[C@H](O)CO. The molecule has 4 atom stereocenters. The van der Waals surface area contributed by atoms with Crippen LogP contribution in [0.3, 0.4) is 0 Å². The molecule has 0 unspecified atom stereocenters. The fraction of sp³-hybridized carbons (Fsp3) is 0.368. The summed E-state index contributed by atoms with van der Waals surface area (Å²) in [4.78, 5) is 17.7. The van der Waals surface area contributed by atoms with Crippen LogP contribution in [0.15, 0.2) is 24.3 Å². The summed E-state index contributed by atoms with van der Waals surface area (Å²) in [7, 11) is 0. The van der Waals surface area contributed by atoms with Crippen molar-refractivity contribution >= 4 is 33.9 Å². The minimum Gasteiger partial charge on any atom is -0.394 e. The van der Waals surface area contributed by atoms with Crippen LogP contribution in [0.1, 0.15) is 11.3 Å². The van der Waals surface area contributed by atoms with E-state index in [-0.39, 0.29) is 6.29 Å². The summed E-state index contributed by atoms with van der Waals surface area (Å²) in [5, 5.41) is 45.9. The van der Waals surface area contributed by atoms with Gasteiger partial charge in [-0.2, -0.15) is 0 Å². The second-order valence-corrected chi connectivity index (χ2v) is 6.49. The molecule has 9 nitrogen and oxygen atoms in total. The number of para-hydroxylation sites is 1. The van der Waals surface area contributed by atoms with E-state index in [0.717, 1.165) is 22.3 Å². The number of fused-ring (bicyclic) bond motifs is 3. The maximum absolute atomic E-state index is 9.90. The minimum absolute atomic E-state index is 0.0258. The number of pyridine rings is 1. The number of aliphatic hydroxyl groups is 5. The second-order valence-electron chi connectivity index (χ2n) is 6.49. The Bertz CT molecular complexity index is 958. The van der Waals surface area contributed by atoms with Crippen molar-refractivity contribution in [1.29, 1.82) is 0 Å². The van der Waals surface area contributed by atoms with Crippen molar-refractivity contribution < 1.29 is 30.3 Å². The molecule has 2 aromatic heterocycles. The van der Waals surface area contributed by atoms with E-state index in [2.05, 4.69) is 22.1 Å². The molecule has 152 valence electrons. The molecule has 9 heteroatoms. The zero-order valence-corrected chi connectivity index (χ0v) is 15.6. The van der Waals surface area contributed by atoms with Crippen molar-refractivity contribution in [3.63, 3.8) is 0 Å². The lowest BCUT2D eigenvalue weighted by Gasteiger charge is -2.22. The average Bonchev–Trinajstić information content (AvgIpc) is 3.10. The Morgan fingerprint density at radius 2 is 1.79 bits per heavy atom. The third kappa shape index (κ3) is 4.29. The van der Waals surface area contributed by atoms with Crippen molar-refractivity contribution in [2.24, 2.45) is 0 Å². The summed E-state index contributed by atoms with van der Waals surface area (Å²) in [6.07, 6.45) is -6.84. The Labute approximate surface area is 161 Å². The smallest absolute Gasteiger partial charge is 0.151 e. The number of nitrogens with one attached hydrogen (secondary N) is 1. The van der Waals surface area contributed by atoms with E-state index in [4.69, 9.17) is 31.3 Å². The highest BCUT2D eigenvalue weighted by molar-refractivity contribution is 6.10. The number of carbonyl (C=O) groups excluding carboxylic acids is 1. The van der Waals surface area contributed by atoms with Crippen LogP contribution >= 0.6 is 0 Å². The van der Waals surface area contributed by atoms with Crippen molar-refractivity contribution in [1.82, 2.24) is 9.97 Å². The summed E-state index contributed by atoms with van der Waals surface area (Å²) < 4.78 is 0. The lowest BCUT2D eigenvalue weighted by molar-refractivity contribution is -0.136. The molecule has 0 amide bonds. The van der Waals surface area contributed by atoms with Gasteiger partial charge in [-0.1, -0.05) is 18.2 Å². The first-order valence-electron chi connectivity index (χ1n) is 8.64. The number of rotatable bonds is 5. The predicted molar refractivity (Wildman–Crippen MR) is 105 cm³/mol. The first kappa shape index (κ1) is 21.7. The number of nitrogen functional groups attached to an aromatic ring is 1. The van der Waals surface area contributed by atoms with Gasteiger partial charge in [0, 0.05) is 27.5 Å². The first-order chi connectivity index (χ1) is 13.2. The summed E-state index contributed by atoms with van der Waals surface area (Å²) in [5.41, 5.74) is 10.1. The zero-order valence-electron chi connectivity index (χ0n) is 15.6. The third-order valence-electron chi connectivity index (χ3n) is 4.54. The highest BCUT2D eigenvalue weighted by atomic mass is 16.4. The molecule has 0 fully saturated rings. The zero-order chi connectivity index (χ0) is 21.0. The van der Waals surface area contributed by atoms with Gasteiger partial charge in [-0.05, 0) is 19.9 Å². The highest BCUT2D eigenvalue weighted by Crippen LogP contribution is 2.30. The van der Waals surface area contributed by atoms with E-state index < -0.39 is 31.0 Å². The van der Waals surface area contributed by atoms with Crippen molar-refractivity contribution in [2.45, 2.75) is 38.3 Å². The summed E-state index contributed by atoms with van der Waals surface area (Å²) in [6.45, 7) is 3.24. The summed E-state index contributed by atoms with van der Waals surface area (Å²) >= 11 is 0. The molecule has 3 aromatic rings. The summed E-state index contributed by atoms with van der Waals surface area (Å²) in [6, 6.07) is 8.25. The van der Waals surface area contributed by atoms with Gasteiger partial charge in [0.15, 0.2) is 6.29 Å². The van der Waals surface area contributed by atoms with Crippen molar-refractivity contribution in [2.75, 3.05) is 12.3 Å². The van der Waals surface area contributed by atoms with E-state index in [1.807, 2.05) is 26.0 Å². The molecule has 0 saturated carbocycles. The van der Waals surface area contributed by atoms with Crippen molar-refractivity contribution in [3.8, 4) is 0 Å². The largest absolute Gasteiger partial charge is 0.394 e. The number of aryl methyl sites for hydroxylation is 2. The summed E-state index contributed by atoms with van der Waals surface area (Å²) in [5.74, 6) is 0.608. The van der Waals surface area contributed by atoms with Gasteiger partial charge in [0.25, 0.3) is 0 Å². The number of benzene rings is 1. The van der Waals surface area contributed by atoms with E-state index in [0.29, 0.717) is 5.82 Å². The Morgan fingerprint density at radius 3 is 2.39 bits per heavy atom. The van der Waals surface area contributed by atoms with Crippen LogP contribution in [-0.2, 0) is 4.79 Å². The maximum Gasteiger partial charge on any atom is 0.151 e. The number of aldehydes is 1. The van der Waals surface area contributed by atoms with Crippen LogP contribution in [0.25, 0.3) is 21.8 Å². The molecule has 0 aliphatic carbocycles. The monoisotopic (exact) mass is 391 g/mol. The number of nitrogens with two attached hydrogens (primary N) is 1. The van der Waals surface area contributed by atoms with Crippen LogP contribution in [-0.4, -0.2) is 72.8 Å². The Kier molecular flexibility index (Phi) is 7.05. The lowest BCUT2D eigenvalue weighted by atomic mass is 10.0. The highest BCUT2D eigenvalue weighted by Gasteiger charge is 2.29. The number of aromatic nitrogens is 2. The number of aliphatic hydroxyl groups excluding tert-OH is 5. The molecular weight excluding hydrogens is 366 g/mol. The molecule has 2 heterocycles. The molecule has 0 bridgehead atoms. The molecule has 0 aliphatic heterocycles. The van der Waals surface area contributed by atoms with E-state index >= 15 is 0 Å². The van der Waals surface area contributed by atoms with Crippen molar-refractivity contribution in [3.05, 3.63) is 35.5 Å². The molecule has 1 aromatic carbocycles. The van der Waals surface area contributed by atoms with Crippen LogP contribution in [0.2, 0.25) is 0 Å². The number of aromatic amines is 1. The fourth-order valence-corrected chi connectivity index (χ4v) is 2.87. The Morgan fingerprint density at radius 1 is 1.14 bits per heavy atom. The number of hydrogen-bond donors (Lipinski definition) is 7. The molecule has 0 saturated heterocycles. The van der Waals surface area contributed by atoms with Crippen LogP contribution in [0.4, 0.5) is 5.82 Å². The average molecular weight is 391 g/mol. The molecule has 3 rings (SSSR count). The number of carbonyl (C=O) groups is 1. The Hall–Kier alpha value is -2.56. The number of hydrogen-bond acceptors (Lipinski definition) is 8. The van der Waals surface area contributed by atoms with Gasteiger partial charge in [-0.3, -0.25) is 0 Å². The maximum atomic E-state index is 9.90. The van der Waals surface area contributed by atoms with Gasteiger partial charge in [0.05, 0.1) is 12.1 Å². The molecule has 0 aliphatic rings. The van der Waals surface area contributed by atoms with Crippen LogP contribution in [0.5, 0.6) is 0 Å². The third-order valence-corrected chi connectivity index (χ3v) is 4.54. The molecule has 8 N–H and O–H groups in total. The lowest BCUT2D eigenvalue weighted by Crippen LogP contribution is -2.46. The number of H-pyrrole nitrogens is 1. The van der Waals surface area contributed by atoms with Gasteiger partial charge in [0.1, 0.15) is 30.2 Å². The van der Waals surface area contributed by atoms with Crippen LogP contribution < -0.4 is 5.73 Å². The van der Waals surface area contributed by atoms with E-state index in [9.17, 15) is 4.79 Å². The molecule has 0 radical (unpaired) electrons.